The van der Waals surface area contributed by atoms with E-state index in [9.17, 15) is 18.0 Å². The number of halogens is 4. The van der Waals surface area contributed by atoms with E-state index in [1.165, 1.54) is 0 Å². The molecule has 3 atom stereocenters. The van der Waals surface area contributed by atoms with E-state index in [-0.39, 0.29) is 18.8 Å². The average Bonchev–Trinajstić information content (AvgIpc) is 2.45. The van der Waals surface area contributed by atoms with Crippen LogP contribution in [0.25, 0.3) is 0 Å². The molecule has 1 amide bonds. The van der Waals surface area contributed by atoms with Gasteiger partial charge in [-0.25, -0.2) is 0 Å². The summed E-state index contributed by atoms with van der Waals surface area (Å²) in [6.45, 7) is 2.32. The minimum Gasteiger partial charge on any atom is -0.356 e. The first-order chi connectivity index (χ1) is 9.48. The number of rotatable bonds is 3. The van der Waals surface area contributed by atoms with Crippen molar-refractivity contribution in [2.24, 2.45) is 17.8 Å². The van der Waals surface area contributed by atoms with Gasteiger partial charge in [-0.3, -0.25) is 4.79 Å². The van der Waals surface area contributed by atoms with Gasteiger partial charge >= 0.3 is 6.18 Å². The Hall–Kier alpha value is -0.490. The predicted octanol–water partition coefficient (Wildman–Crippen LogP) is 2.89. The molecule has 1 saturated carbocycles. The second kappa shape index (κ2) is 8.22. The van der Waals surface area contributed by atoms with Crippen LogP contribution in [0.1, 0.15) is 38.5 Å². The van der Waals surface area contributed by atoms with Crippen molar-refractivity contribution in [3.8, 4) is 0 Å². The topological polar surface area (TPSA) is 41.1 Å². The smallest absolute Gasteiger partial charge is 0.356 e. The maximum Gasteiger partial charge on any atom is 0.392 e. The van der Waals surface area contributed by atoms with Crippen LogP contribution in [0.15, 0.2) is 0 Å². The number of alkyl halides is 3. The van der Waals surface area contributed by atoms with E-state index in [1.807, 2.05) is 0 Å². The van der Waals surface area contributed by atoms with Crippen molar-refractivity contribution in [1.29, 1.82) is 0 Å². The highest BCUT2D eigenvalue weighted by atomic mass is 35.5. The number of amides is 1. The molecule has 0 spiro atoms. The standard InChI is InChI=1S/C14H23F3N2O.ClH/c15-14(16,17)12-6-2-1-5-11(12)13(20)19-9-10-4-3-7-18-8-10;/h10-12,18H,1-9H2,(H,19,20);1H. The number of hydrogen-bond acceptors (Lipinski definition) is 2. The van der Waals surface area contributed by atoms with Crippen molar-refractivity contribution in [2.75, 3.05) is 19.6 Å². The first kappa shape index (κ1) is 18.6. The lowest BCUT2D eigenvalue weighted by molar-refractivity contribution is -0.198. The summed E-state index contributed by atoms with van der Waals surface area (Å²) in [4.78, 5) is 12.1. The molecular weight excluding hydrogens is 305 g/mol. The highest BCUT2D eigenvalue weighted by Gasteiger charge is 2.47. The fourth-order valence-corrected chi connectivity index (χ4v) is 3.31. The largest absolute Gasteiger partial charge is 0.392 e. The first-order valence-electron chi connectivity index (χ1n) is 7.53. The second-order valence-electron chi connectivity index (χ2n) is 6.00. The monoisotopic (exact) mass is 328 g/mol. The Morgan fingerprint density at radius 2 is 1.86 bits per heavy atom. The molecule has 7 heteroatoms. The van der Waals surface area contributed by atoms with Gasteiger partial charge in [-0.2, -0.15) is 13.2 Å². The van der Waals surface area contributed by atoms with Crippen molar-refractivity contribution >= 4 is 18.3 Å². The molecule has 0 aromatic carbocycles. The van der Waals surface area contributed by atoms with Crippen LogP contribution in [0, 0.1) is 17.8 Å². The van der Waals surface area contributed by atoms with Gasteiger partial charge in [0.25, 0.3) is 0 Å². The zero-order chi connectivity index (χ0) is 14.6. The Morgan fingerprint density at radius 3 is 2.48 bits per heavy atom. The molecule has 3 nitrogen and oxygen atoms in total. The van der Waals surface area contributed by atoms with Gasteiger partial charge in [0.2, 0.25) is 5.91 Å². The summed E-state index contributed by atoms with van der Waals surface area (Å²) in [6, 6.07) is 0. The Bertz CT molecular complexity index is 333. The van der Waals surface area contributed by atoms with Crippen molar-refractivity contribution < 1.29 is 18.0 Å². The molecule has 0 aromatic rings. The number of carbonyl (C=O) groups is 1. The number of carbonyl (C=O) groups excluding carboxylic acids is 1. The van der Waals surface area contributed by atoms with E-state index in [4.69, 9.17) is 0 Å². The maximum atomic E-state index is 13.0. The molecule has 2 fully saturated rings. The SMILES string of the molecule is Cl.O=C(NCC1CCCNC1)C1CCCCC1C(F)(F)F. The first-order valence-corrected chi connectivity index (χ1v) is 7.53. The Balaban J connectivity index is 0.00000220. The Morgan fingerprint density at radius 1 is 1.14 bits per heavy atom. The van der Waals surface area contributed by atoms with E-state index in [1.54, 1.807) is 0 Å². The van der Waals surface area contributed by atoms with Gasteiger partial charge in [0.05, 0.1) is 5.92 Å². The Kier molecular flexibility index (Phi) is 7.27. The van der Waals surface area contributed by atoms with E-state index < -0.39 is 23.9 Å². The lowest BCUT2D eigenvalue weighted by atomic mass is 9.78. The molecule has 0 bridgehead atoms. The molecular formula is C14H24ClF3N2O. The van der Waals surface area contributed by atoms with Crippen LogP contribution in [0.5, 0.6) is 0 Å². The average molecular weight is 329 g/mol. The zero-order valence-electron chi connectivity index (χ0n) is 12.0. The third kappa shape index (κ3) is 5.33. The van der Waals surface area contributed by atoms with Crippen LogP contribution in [0.4, 0.5) is 13.2 Å². The van der Waals surface area contributed by atoms with Gasteiger partial charge in [0.15, 0.2) is 0 Å². The molecule has 21 heavy (non-hydrogen) atoms. The van der Waals surface area contributed by atoms with Crippen molar-refractivity contribution in [3.05, 3.63) is 0 Å². The lowest BCUT2D eigenvalue weighted by Gasteiger charge is -2.32. The van der Waals surface area contributed by atoms with Gasteiger partial charge in [-0.15, -0.1) is 12.4 Å². The van der Waals surface area contributed by atoms with Gasteiger partial charge in [0.1, 0.15) is 0 Å². The number of hydrogen-bond donors (Lipinski definition) is 2. The highest BCUT2D eigenvalue weighted by Crippen LogP contribution is 2.41. The Labute approximate surface area is 129 Å². The lowest BCUT2D eigenvalue weighted by Crippen LogP contribution is -2.45. The van der Waals surface area contributed by atoms with Gasteiger partial charge < -0.3 is 10.6 Å². The van der Waals surface area contributed by atoms with Crippen molar-refractivity contribution in [1.82, 2.24) is 10.6 Å². The molecule has 1 saturated heterocycles. The molecule has 124 valence electrons. The highest BCUT2D eigenvalue weighted by molar-refractivity contribution is 5.85. The van der Waals surface area contributed by atoms with Crippen LogP contribution in [-0.4, -0.2) is 31.7 Å². The molecule has 3 unspecified atom stereocenters. The summed E-state index contributed by atoms with van der Waals surface area (Å²) in [5.74, 6) is -2.40. The zero-order valence-corrected chi connectivity index (χ0v) is 12.9. The second-order valence-corrected chi connectivity index (χ2v) is 6.00. The molecule has 2 N–H and O–H groups in total. The summed E-state index contributed by atoms with van der Waals surface area (Å²) in [5.41, 5.74) is 0. The molecule has 0 aromatic heterocycles. The van der Waals surface area contributed by atoms with Gasteiger partial charge in [-0.05, 0) is 44.7 Å². The fourth-order valence-electron chi connectivity index (χ4n) is 3.31. The van der Waals surface area contributed by atoms with Crippen LogP contribution in [-0.2, 0) is 4.79 Å². The number of piperidine rings is 1. The molecule has 1 aliphatic heterocycles. The molecule has 2 rings (SSSR count). The summed E-state index contributed by atoms with van der Waals surface area (Å²) >= 11 is 0. The van der Waals surface area contributed by atoms with Crippen LogP contribution < -0.4 is 10.6 Å². The van der Waals surface area contributed by atoms with E-state index in [0.717, 1.165) is 32.4 Å². The molecule has 2 aliphatic rings. The van der Waals surface area contributed by atoms with E-state index in [0.29, 0.717) is 25.3 Å². The van der Waals surface area contributed by atoms with E-state index in [2.05, 4.69) is 10.6 Å². The number of nitrogens with one attached hydrogen (secondary N) is 2. The maximum absolute atomic E-state index is 13.0. The van der Waals surface area contributed by atoms with Gasteiger partial charge in [0, 0.05) is 12.5 Å². The normalized spacial score (nSPS) is 30.3. The van der Waals surface area contributed by atoms with Crippen LogP contribution in [0.3, 0.4) is 0 Å². The minimum atomic E-state index is -4.26. The molecule has 1 heterocycles. The predicted molar refractivity (Wildman–Crippen MR) is 77.4 cm³/mol. The molecule has 0 radical (unpaired) electrons. The van der Waals surface area contributed by atoms with Gasteiger partial charge in [-0.1, -0.05) is 12.8 Å². The summed E-state index contributed by atoms with van der Waals surface area (Å²) in [6.07, 6.45) is -0.424. The fraction of sp³-hybridized carbons (Fsp3) is 0.929. The quantitative estimate of drug-likeness (QED) is 0.836. The summed E-state index contributed by atoms with van der Waals surface area (Å²) < 4.78 is 38.9. The van der Waals surface area contributed by atoms with E-state index >= 15 is 0 Å². The third-order valence-corrected chi connectivity index (χ3v) is 4.49. The summed E-state index contributed by atoms with van der Waals surface area (Å²) in [7, 11) is 0. The molecule has 1 aliphatic carbocycles. The summed E-state index contributed by atoms with van der Waals surface area (Å²) in [5, 5.41) is 5.99. The minimum absolute atomic E-state index is 0. The van der Waals surface area contributed by atoms with Crippen LogP contribution >= 0.6 is 12.4 Å². The van der Waals surface area contributed by atoms with Crippen LogP contribution in [0.2, 0.25) is 0 Å². The van der Waals surface area contributed by atoms with Crippen molar-refractivity contribution in [3.63, 3.8) is 0 Å². The van der Waals surface area contributed by atoms with Crippen molar-refractivity contribution in [2.45, 2.75) is 44.7 Å². The third-order valence-electron chi connectivity index (χ3n) is 4.49.